The summed E-state index contributed by atoms with van der Waals surface area (Å²) in [5.74, 6) is 0. The fourth-order valence-electron chi connectivity index (χ4n) is 1.56. The monoisotopic (exact) mass is 333 g/mol. The Balaban J connectivity index is 2.67. The third kappa shape index (κ3) is 5.37. The second-order valence-corrected chi connectivity index (χ2v) is 5.78. The molecular formula is C13H14F3N3O2S. The van der Waals surface area contributed by atoms with Crippen LogP contribution in [0.15, 0.2) is 29.2 Å². The Morgan fingerprint density at radius 3 is 2.41 bits per heavy atom. The Labute approximate surface area is 128 Å². The van der Waals surface area contributed by atoms with E-state index >= 15 is 0 Å². The van der Waals surface area contributed by atoms with Crippen molar-refractivity contribution in [3.05, 3.63) is 24.3 Å². The molecule has 0 aliphatic rings. The summed E-state index contributed by atoms with van der Waals surface area (Å²) in [6, 6.07) is 5.59. The smallest absolute Gasteiger partial charge is 0.334 e. The van der Waals surface area contributed by atoms with Crippen LogP contribution in [-0.4, -0.2) is 21.8 Å². The highest BCUT2D eigenvalue weighted by atomic mass is 32.2. The lowest BCUT2D eigenvalue weighted by Crippen LogP contribution is -2.37. The molecule has 2 amide bonds. The van der Waals surface area contributed by atoms with Crippen LogP contribution in [0.3, 0.4) is 0 Å². The first-order chi connectivity index (χ1) is 10.3. The van der Waals surface area contributed by atoms with Crippen LogP contribution in [-0.2, 0) is 10.8 Å². The third-order valence-corrected chi connectivity index (χ3v) is 3.82. The van der Waals surface area contributed by atoms with Gasteiger partial charge in [-0.1, -0.05) is 6.92 Å². The second-order valence-electron chi connectivity index (χ2n) is 4.30. The highest BCUT2D eigenvalue weighted by Crippen LogP contribution is 2.26. The van der Waals surface area contributed by atoms with Crippen molar-refractivity contribution < 1.29 is 22.2 Å². The van der Waals surface area contributed by atoms with E-state index < -0.39 is 27.2 Å². The van der Waals surface area contributed by atoms with Crippen LogP contribution in [0.4, 0.5) is 23.7 Å². The van der Waals surface area contributed by atoms with Gasteiger partial charge in [-0.2, -0.15) is 18.4 Å². The van der Waals surface area contributed by atoms with E-state index in [4.69, 9.17) is 5.26 Å². The third-order valence-electron chi connectivity index (χ3n) is 2.70. The van der Waals surface area contributed by atoms with Gasteiger partial charge in [0.05, 0.1) is 12.5 Å². The molecule has 5 nitrogen and oxygen atoms in total. The Bertz CT molecular complexity index is 582. The molecule has 0 spiro atoms. The number of urea groups is 1. The number of hydrogen-bond acceptors (Lipinski definition) is 3. The van der Waals surface area contributed by atoms with E-state index in [0.717, 1.165) is 12.1 Å². The molecule has 1 rings (SSSR count). The van der Waals surface area contributed by atoms with Crippen molar-refractivity contribution in [3.8, 4) is 6.07 Å². The fourth-order valence-corrected chi connectivity index (χ4v) is 2.21. The molecule has 9 heteroatoms. The van der Waals surface area contributed by atoms with E-state index in [1.54, 1.807) is 0 Å². The van der Waals surface area contributed by atoms with Crippen molar-refractivity contribution in [2.75, 3.05) is 5.32 Å². The summed E-state index contributed by atoms with van der Waals surface area (Å²) >= 11 is 0. The Hall–Kier alpha value is -2.08. The van der Waals surface area contributed by atoms with Crippen LogP contribution in [0.25, 0.3) is 0 Å². The standard InChI is InChI=1S/C13H14F3N3O2S/c1-2-9(7-8-17)18-12(20)19-10-3-5-11(6-4-10)22(21)13(14,15)16/h3-6,9H,2,7H2,1H3,(H2,18,19,20)/t9-,22+/m1/s1. The van der Waals surface area contributed by atoms with Crippen LogP contribution < -0.4 is 10.6 Å². The summed E-state index contributed by atoms with van der Waals surface area (Å²) < 4.78 is 48.0. The number of carbonyl (C=O) groups excluding carboxylic acids is 1. The molecule has 1 aromatic carbocycles. The summed E-state index contributed by atoms with van der Waals surface area (Å²) in [6.07, 6.45) is 0.734. The van der Waals surface area contributed by atoms with Crippen LogP contribution in [0, 0.1) is 11.3 Å². The molecular weight excluding hydrogens is 319 g/mol. The first kappa shape index (κ1) is 18.0. The largest absolute Gasteiger partial charge is 0.475 e. The minimum Gasteiger partial charge on any atom is -0.334 e. The van der Waals surface area contributed by atoms with Crippen molar-refractivity contribution in [1.29, 1.82) is 5.26 Å². The van der Waals surface area contributed by atoms with Gasteiger partial charge in [0.2, 0.25) is 0 Å². The number of halogens is 3. The number of rotatable bonds is 5. The quantitative estimate of drug-likeness (QED) is 0.868. The molecule has 120 valence electrons. The molecule has 0 saturated carbocycles. The molecule has 22 heavy (non-hydrogen) atoms. The van der Waals surface area contributed by atoms with Gasteiger partial charge in [-0.05, 0) is 30.7 Å². The van der Waals surface area contributed by atoms with E-state index in [-0.39, 0.29) is 18.2 Å². The summed E-state index contributed by atoms with van der Waals surface area (Å²) in [7, 11) is -3.10. The maximum absolute atomic E-state index is 12.3. The lowest BCUT2D eigenvalue weighted by molar-refractivity contribution is -0.0384. The molecule has 0 unspecified atom stereocenters. The van der Waals surface area contributed by atoms with Crippen molar-refractivity contribution in [2.24, 2.45) is 0 Å². The molecule has 0 aromatic heterocycles. The molecule has 0 heterocycles. The lowest BCUT2D eigenvalue weighted by Gasteiger charge is -2.14. The SMILES string of the molecule is CC[C@H](CC#N)NC(=O)Nc1ccc([S@](=O)C(F)(F)F)cc1. The molecule has 0 aliphatic carbocycles. The molecule has 0 fully saturated rings. The van der Waals surface area contributed by atoms with E-state index in [9.17, 15) is 22.2 Å². The molecule has 1 aromatic rings. The van der Waals surface area contributed by atoms with Crippen LogP contribution in [0.1, 0.15) is 19.8 Å². The normalized spacial score (nSPS) is 13.8. The van der Waals surface area contributed by atoms with Gasteiger partial charge in [0, 0.05) is 16.6 Å². The Morgan fingerprint density at radius 2 is 1.95 bits per heavy atom. The van der Waals surface area contributed by atoms with Gasteiger partial charge in [-0.15, -0.1) is 0 Å². The summed E-state index contributed by atoms with van der Waals surface area (Å²) in [4.78, 5) is 11.3. The number of benzene rings is 1. The molecule has 2 N–H and O–H groups in total. The second kappa shape index (κ2) is 7.79. The average Bonchev–Trinajstić information content (AvgIpc) is 2.45. The van der Waals surface area contributed by atoms with Gasteiger partial charge in [-0.25, -0.2) is 9.00 Å². The number of amides is 2. The minimum absolute atomic E-state index is 0.160. The molecule has 0 aliphatic heterocycles. The minimum atomic E-state index is -4.82. The van der Waals surface area contributed by atoms with Crippen molar-refractivity contribution in [2.45, 2.75) is 36.2 Å². The van der Waals surface area contributed by atoms with Crippen LogP contribution in [0.2, 0.25) is 0 Å². The molecule has 2 atom stereocenters. The molecule has 0 saturated heterocycles. The van der Waals surface area contributed by atoms with Gasteiger partial charge in [-0.3, -0.25) is 0 Å². The van der Waals surface area contributed by atoms with Gasteiger partial charge in [0.25, 0.3) is 0 Å². The van der Waals surface area contributed by atoms with E-state index in [1.807, 2.05) is 13.0 Å². The van der Waals surface area contributed by atoms with Crippen LogP contribution in [0.5, 0.6) is 0 Å². The van der Waals surface area contributed by atoms with E-state index in [0.29, 0.717) is 6.42 Å². The number of carbonyl (C=O) groups is 1. The van der Waals surface area contributed by atoms with Gasteiger partial charge in [0.15, 0.2) is 10.8 Å². The zero-order valence-electron chi connectivity index (χ0n) is 11.6. The van der Waals surface area contributed by atoms with E-state index in [1.165, 1.54) is 12.1 Å². The van der Waals surface area contributed by atoms with Gasteiger partial charge < -0.3 is 10.6 Å². The number of nitrogens with one attached hydrogen (secondary N) is 2. The topological polar surface area (TPSA) is 82.0 Å². The summed E-state index contributed by atoms with van der Waals surface area (Å²) in [5, 5.41) is 13.6. The van der Waals surface area contributed by atoms with Gasteiger partial charge >= 0.3 is 11.5 Å². The zero-order chi connectivity index (χ0) is 16.8. The Kier molecular flexibility index (Phi) is 6.37. The molecule has 0 bridgehead atoms. The Morgan fingerprint density at radius 1 is 1.36 bits per heavy atom. The average molecular weight is 333 g/mol. The summed E-state index contributed by atoms with van der Waals surface area (Å²) in [6.45, 7) is 1.81. The van der Waals surface area contributed by atoms with Crippen molar-refractivity contribution >= 4 is 22.5 Å². The van der Waals surface area contributed by atoms with E-state index in [2.05, 4.69) is 10.6 Å². The van der Waals surface area contributed by atoms with Gasteiger partial charge in [0.1, 0.15) is 0 Å². The number of hydrogen-bond donors (Lipinski definition) is 2. The predicted molar refractivity (Wildman–Crippen MR) is 75.4 cm³/mol. The molecule has 0 radical (unpaired) electrons. The van der Waals surface area contributed by atoms with Crippen LogP contribution >= 0.6 is 0 Å². The number of nitriles is 1. The first-order valence-electron chi connectivity index (χ1n) is 6.31. The highest BCUT2D eigenvalue weighted by molar-refractivity contribution is 7.86. The first-order valence-corrected chi connectivity index (χ1v) is 7.46. The number of nitrogens with zero attached hydrogens (tertiary/aromatic N) is 1. The zero-order valence-corrected chi connectivity index (χ0v) is 12.4. The van der Waals surface area contributed by atoms with Crippen molar-refractivity contribution in [1.82, 2.24) is 5.32 Å². The maximum Gasteiger partial charge on any atom is 0.475 e. The number of alkyl halides is 3. The highest BCUT2D eigenvalue weighted by Gasteiger charge is 2.37. The maximum atomic E-state index is 12.3. The fraction of sp³-hybridized carbons (Fsp3) is 0.385. The lowest BCUT2D eigenvalue weighted by atomic mass is 10.2. The summed E-state index contributed by atoms with van der Waals surface area (Å²) in [5.41, 5.74) is -4.56. The predicted octanol–water partition coefficient (Wildman–Crippen LogP) is 3.13. The number of anilines is 1. The van der Waals surface area contributed by atoms with Crippen molar-refractivity contribution in [3.63, 3.8) is 0 Å².